The molecule has 1 aliphatic heterocycles. The molecule has 1 aliphatic rings. The van der Waals surface area contributed by atoms with E-state index in [9.17, 15) is 9.00 Å². The maximum Gasteiger partial charge on any atom is 0.319 e. The van der Waals surface area contributed by atoms with Crippen LogP contribution in [0.3, 0.4) is 0 Å². The lowest BCUT2D eigenvalue weighted by atomic mass is 9.99. The summed E-state index contributed by atoms with van der Waals surface area (Å²) in [5, 5.41) is 0. The van der Waals surface area contributed by atoms with Crippen molar-refractivity contribution in [1.82, 2.24) is 4.31 Å². The third-order valence-corrected chi connectivity index (χ3v) is 6.21. The number of primary amides is 1. The van der Waals surface area contributed by atoms with Crippen LogP contribution in [0.5, 0.6) is 0 Å². The second-order valence-electron chi connectivity index (χ2n) is 6.16. The number of piperidine rings is 1. The summed E-state index contributed by atoms with van der Waals surface area (Å²) < 4.78 is 14.5. The van der Waals surface area contributed by atoms with Crippen molar-refractivity contribution in [3.05, 3.63) is 28.8 Å². The zero-order valence-electron chi connectivity index (χ0n) is 14.3. The van der Waals surface area contributed by atoms with Gasteiger partial charge < -0.3 is 5.73 Å². The molecule has 1 aromatic rings. The maximum absolute atomic E-state index is 12.4. The molecule has 1 atom stereocenters. The van der Waals surface area contributed by atoms with Gasteiger partial charge in [0.15, 0.2) is 0 Å². The monoisotopic (exact) mass is 337 g/mol. The van der Waals surface area contributed by atoms with E-state index in [2.05, 4.69) is 4.31 Å². The van der Waals surface area contributed by atoms with E-state index in [-0.39, 0.29) is 0 Å². The lowest BCUT2D eigenvalue weighted by molar-refractivity contribution is 0.255. The van der Waals surface area contributed by atoms with Gasteiger partial charge in [0.05, 0.1) is 11.0 Å². The predicted octanol–water partition coefficient (Wildman–Crippen LogP) is 2.51. The third kappa shape index (κ3) is 4.32. The lowest BCUT2D eigenvalue weighted by Gasteiger charge is -2.25. The first-order valence-corrected chi connectivity index (χ1v) is 9.45. The van der Waals surface area contributed by atoms with Crippen LogP contribution >= 0.6 is 0 Å². The van der Waals surface area contributed by atoms with E-state index < -0.39 is 17.0 Å². The Kier molecular flexibility index (Phi) is 6.18. The van der Waals surface area contributed by atoms with Crippen molar-refractivity contribution in [2.45, 2.75) is 39.5 Å². The minimum atomic E-state index is -0.895. The first kappa shape index (κ1) is 17.9. The van der Waals surface area contributed by atoms with Gasteiger partial charge in [-0.25, -0.2) is 13.3 Å². The molecule has 0 saturated carbocycles. The van der Waals surface area contributed by atoms with Crippen LogP contribution < -0.4 is 10.6 Å². The summed E-state index contributed by atoms with van der Waals surface area (Å²) >= 11 is 0. The molecule has 0 spiro atoms. The van der Waals surface area contributed by atoms with E-state index in [0.717, 1.165) is 49.2 Å². The van der Waals surface area contributed by atoms with Crippen LogP contribution in [0, 0.1) is 13.8 Å². The van der Waals surface area contributed by atoms with Crippen molar-refractivity contribution in [2.75, 3.05) is 30.8 Å². The summed E-state index contributed by atoms with van der Waals surface area (Å²) in [6.07, 6.45) is 4.34. The average Bonchev–Trinajstić information content (AvgIpc) is 2.56. The molecular formula is C17H27N3O2S. The molecule has 0 aromatic heterocycles. The van der Waals surface area contributed by atoms with E-state index in [1.54, 1.807) is 7.05 Å². The minimum Gasteiger partial charge on any atom is -0.351 e. The van der Waals surface area contributed by atoms with Gasteiger partial charge in [-0.1, -0.05) is 12.5 Å². The van der Waals surface area contributed by atoms with Crippen molar-refractivity contribution in [3.63, 3.8) is 0 Å². The highest BCUT2D eigenvalue weighted by molar-refractivity contribution is 7.82. The van der Waals surface area contributed by atoms with Crippen LogP contribution in [0.15, 0.2) is 12.1 Å². The molecule has 1 heterocycles. The smallest absolute Gasteiger partial charge is 0.319 e. The Labute approximate surface area is 141 Å². The second-order valence-corrected chi connectivity index (χ2v) is 7.72. The number of hydrogen-bond donors (Lipinski definition) is 1. The number of urea groups is 1. The number of carbonyl (C=O) groups excluding carboxylic acids is 1. The van der Waals surface area contributed by atoms with Gasteiger partial charge in [-0.2, -0.15) is 0 Å². The molecule has 1 saturated heterocycles. The van der Waals surface area contributed by atoms with Crippen LogP contribution in [0.25, 0.3) is 0 Å². The van der Waals surface area contributed by atoms with E-state index >= 15 is 0 Å². The Balaban J connectivity index is 2.04. The average molecular weight is 337 g/mol. The fourth-order valence-electron chi connectivity index (χ4n) is 3.01. The minimum absolute atomic E-state index is 0.466. The molecule has 2 N–H and O–H groups in total. The van der Waals surface area contributed by atoms with Crippen LogP contribution in [-0.2, 0) is 17.4 Å². The SMILES string of the molecule is Cc1c(CCS(=O)N2CCCCC2)ccc(N(C)C(N)=O)c1C. The highest BCUT2D eigenvalue weighted by Gasteiger charge is 2.17. The van der Waals surface area contributed by atoms with E-state index in [1.807, 2.05) is 26.0 Å². The molecule has 23 heavy (non-hydrogen) atoms. The van der Waals surface area contributed by atoms with Gasteiger partial charge >= 0.3 is 6.03 Å². The van der Waals surface area contributed by atoms with E-state index in [1.165, 1.54) is 16.9 Å². The van der Waals surface area contributed by atoms with Gasteiger partial charge in [0.1, 0.15) is 0 Å². The third-order valence-electron chi connectivity index (χ3n) is 4.71. The number of aryl methyl sites for hydroxylation is 1. The zero-order chi connectivity index (χ0) is 17.0. The van der Waals surface area contributed by atoms with Gasteiger partial charge in [0.25, 0.3) is 0 Å². The van der Waals surface area contributed by atoms with Crippen molar-refractivity contribution < 1.29 is 9.00 Å². The van der Waals surface area contributed by atoms with Crippen LogP contribution in [-0.4, -0.2) is 40.4 Å². The van der Waals surface area contributed by atoms with Crippen LogP contribution in [0.1, 0.15) is 36.0 Å². The van der Waals surface area contributed by atoms with Crippen LogP contribution in [0.2, 0.25) is 0 Å². The van der Waals surface area contributed by atoms with E-state index in [4.69, 9.17) is 5.73 Å². The fraction of sp³-hybridized carbons (Fsp3) is 0.588. The van der Waals surface area contributed by atoms with Gasteiger partial charge in [0, 0.05) is 31.6 Å². The molecule has 0 aliphatic carbocycles. The van der Waals surface area contributed by atoms with Crippen LogP contribution in [0.4, 0.5) is 10.5 Å². The molecular weight excluding hydrogens is 310 g/mol. The van der Waals surface area contributed by atoms with Gasteiger partial charge in [0.2, 0.25) is 0 Å². The Morgan fingerprint density at radius 3 is 2.48 bits per heavy atom. The first-order valence-electron chi connectivity index (χ1n) is 8.17. The topological polar surface area (TPSA) is 66.6 Å². The van der Waals surface area contributed by atoms with Gasteiger partial charge in [-0.3, -0.25) is 4.90 Å². The summed E-state index contributed by atoms with van der Waals surface area (Å²) in [5.74, 6) is 0.658. The van der Waals surface area contributed by atoms with Gasteiger partial charge in [-0.05, 0) is 55.9 Å². The molecule has 128 valence electrons. The summed E-state index contributed by atoms with van der Waals surface area (Å²) in [4.78, 5) is 12.8. The number of carbonyl (C=O) groups is 1. The molecule has 1 unspecified atom stereocenters. The molecule has 1 fully saturated rings. The van der Waals surface area contributed by atoms with Crippen molar-refractivity contribution in [3.8, 4) is 0 Å². The van der Waals surface area contributed by atoms with Crippen molar-refractivity contribution in [2.24, 2.45) is 5.73 Å². The Morgan fingerprint density at radius 1 is 1.22 bits per heavy atom. The standard InChI is InChI=1S/C17H27N3O2S/c1-13-14(2)16(19(3)17(18)21)8-7-15(13)9-12-23(22)20-10-5-4-6-11-20/h7-8H,4-6,9-12H2,1-3H3,(H2,18,21). The number of amides is 2. The Morgan fingerprint density at radius 2 is 1.87 bits per heavy atom. The normalized spacial score (nSPS) is 17.0. The molecule has 2 rings (SSSR count). The molecule has 6 heteroatoms. The summed E-state index contributed by atoms with van der Waals surface area (Å²) in [6, 6.07) is 3.47. The lowest BCUT2D eigenvalue weighted by Crippen LogP contribution is -2.33. The number of hydrogen-bond acceptors (Lipinski definition) is 2. The maximum atomic E-state index is 12.4. The number of rotatable bonds is 5. The first-order chi connectivity index (χ1) is 10.9. The van der Waals surface area contributed by atoms with Crippen molar-refractivity contribution >= 4 is 22.7 Å². The largest absolute Gasteiger partial charge is 0.351 e. The summed E-state index contributed by atoms with van der Waals surface area (Å²) in [6.45, 7) is 5.95. The molecule has 1 aromatic carbocycles. The summed E-state index contributed by atoms with van der Waals surface area (Å²) in [7, 11) is 0.781. The highest BCUT2D eigenvalue weighted by atomic mass is 32.2. The number of nitrogens with two attached hydrogens (primary N) is 1. The number of nitrogens with zero attached hydrogens (tertiary/aromatic N) is 2. The fourth-order valence-corrected chi connectivity index (χ4v) is 4.33. The molecule has 5 nitrogen and oxygen atoms in total. The summed E-state index contributed by atoms with van der Waals surface area (Å²) in [5.41, 5.74) is 9.56. The Bertz CT molecular complexity index is 598. The molecule has 2 amide bonds. The van der Waals surface area contributed by atoms with E-state index in [0.29, 0.717) is 5.75 Å². The Hall–Kier alpha value is -1.40. The second kappa shape index (κ2) is 7.93. The van der Waals surface area contributed by atoms with Gasteiger partial charge in [-0.15, -0.1) is 0 Å². The molecule has 0 radical (unpaired) electrons. The highest BCUT2D eigenvalue weighted by Crippen LogP contribution is 2.25. The zero-order valence-corrected chi connectivity index (χ0v) is 15.1. The predicted molar refractivity (Wildman–Crippen MR) is 96.0 cm³/mol. The van der Waals surface area contributed by atoms with Crippen molar-refractivity contribution in [1.29, 1.82) is 0 Å². The molecule has 0 bridgehead atoms. The number of anilines is 1. The quantitative estimate of drug-likeness (QED) is 0.897. The number of benzene rings is 1.